The van der Waals surface area contributed by atoms with Gasteiger partial charge in [-0.2, -0.15) is 0 Å². The standard InChI is InChI=1S/C22H23BrN2O/c1-4-25(5-2)16-12-13-21(15(3)14-16)24-22(26)19-10-6-9-18-17(19)8-7-11-20(18)23/h6-14H,4-5H2,1-3H3,(H,24,26). The van der Waals surface area contributed by atoms with Crippen LogP contribution in [0.1, 0.15) is 29.8 Å². The average molecular weight is 411 g/mol. The first-order valence-electron chi connectivity index (χ1n) is 8.89. The van der Waals surface area contributed by atoms with Crippen LogP contribution < -0.4 is 10.2 Å². The van der Waals surface area contributed by atoms with Crippen LogP contribution in [0.5, 0.6) is 0 Å². The summed E-state index contributed by atoms with van der Waals surface area (Å²) in [5.41, 5.74) is 3.76. The Morgan fingerprint density at radius 3 is 2.38 bits per heavy atom. The van der Waals surface area contributed by atoms with Crippen molar-refractivity contribution in [2.45, 2.75) is 20.8 Å². The number of halogens is 1. The summed E-state index contributed by atoms with van der Waals surface area (Å²) in [5, 5.41) is 5.04. The van der Waals surface area contributed by atoms with Crippen LogP contribution in [0.25, 0.3) is 10.8 Å². The van der Waals surface area contributed by atoms with Gasteiger partial charge in [0.1, 0.15) is 0 Å². The molecule has 3 rings (SSSR count). The van der Waals surface area contributed by atoms with Crippen molar-refractivity contribution in [2.24, 2.45) is 0 Å². The van der Waals surface area contributed by atoms with Crippen LogP contribution in [-0.2, 0) is 0 Å². The van der Waals surface area contributed by atoms with E-state index >= 15 is 0 Å². The van der Waals surface area contributed by atoms with E-state index in [1.807, 2.05) is 49.4 Å². The SMILES string of the molecule is CCN(CC)c1ccc(NC(=O)c2cccc3c(Br)cccc23)c(C)c1. The van der Waals surface area contributed by atoms with Crippen LogP contribution in [0.3, 0.4) is 0 Å². The summed E-state index contributed by atoms with van der Waals surface area (Å²) < 4.78 is 0.990. The Morgan fingerprint density at radius 2 is 1.69 bits per heavy atom. The molecule has 3 nitrogen and oxygen atoms in total. The number of fused-ring (bicyclic) bond motifs is 1. The van der Waals surface area contributed by atoms with E-state index < -0.39 is 0 Å². The molecule has 0 aliphatic carbocycles. The van der Waals surface area contributed by atoms with Gasteiger partial charge in [0.2, 0.25) is 0 Å². The number of benzene rings is 3. The number of carbonyl (C=O) groups is 1. The van der Waals surface area contributed by atoms with Crippen molar-refractivity contribution in [1.29, 1.82) is 0 Å². The smallest absolute Gasteiger partial charge is 0.256 e. The predicted molar refractivity (Wildman–Crippen MR) is 114 cm³/mol. The zero-order valence-corrected chi connectivity index (χ0v) is 16.9. The molecule has 0 atom stereocenters. The monoisotopic (exact) mass is 410 g/mol. The van der Waals surface area contributed by atoms with E-state index in [0.717, 1.165) is 39.6 Å². The molecule has 4 heteroatoms. The summed E-state index contributed by atoms with van der Waals surface area (Å²) in [6.07, 6.45) is 0. The van der Waals surface area contributed by atoms with Gasteiger partial charge in [-0.05, 0) is 67.4 Å². The Kier molecular flexibility index (Phi) is 5.62. The molecule has 0 aliphatic rings. The summed E-state index contributed by atoms with van der Waals surface area (Å²) in [5.74, 6) is -0.0904. The van der Waals surface area contributed by atoms with Crippen LogP contribution in [0.2, 0.25) is 0 Å². The molecule has 3 aromatic rings. The summed E-state index contributed by atoms with van der Waals surface area (Å²) >= 11 is 3.56. The van der Waals surface area contributed by atoms with Crippen molar-refractivity contribution in [3.8, 4) is 0 Å². The molecular weight excluding hydrogens is 388 g/mol. The molecule has 1 amide bonds. The predicted octanol–water partition coefficient (Wildman–Crippen LogP) is 6.01. The molecule has 3 aromatic carbocycles. The van der Waals surface area contributed by atoms with Gasteiger partial charge in [0.25, 0.3) is 5.91 Å². The second-order valence-electron chi connectivity index (χ2n) is 6.27. The number of hydrogen-bond donors (Lipinski definition) is 1. The molecule has 0 aromatic heterocycles. The maximum absolute atomic E-state index is 12.9. The van der Waals surface area contributed by atoms with Crippen LogP contribution in [0.4, 0.5) is 11.4 Å². The quantitative estimate of drug-likeness (QED) is 0.558. The number of amides is 1. The Morgan fingerprint density at radius 1 is 1.00 bits per heavy atom. The fourth-order valence-electron chi connectivity index (χ4n) is 3.23. The van der Waals surface area contributed by atoms with Gasteiger partial charge in [0, 0.05) is 34.5 Å². The lowest BCUT2D eigenvalue weighted by molar-refractivity contribution is 0.102. The van der Waals surface area contributed by atoms with Gasteiger partial charge in [0.05, 0.1) is 0 Å². The van der Waals surface area contributed by atoms with Crippen molar-refractivity contribution in [3.05, 3.63) is 70.2 Å². The second kappa shape index (κ2) is 7.92. The molecular formula is C22H23BrN2O. The van der Waals surface area contributed by atoms with E-state index in [9.17, 15) is 4.79 Å². The first-order valence-corrected chi connectivity index (χ1v) is 9.68. The molecule has 134 valence electrons. The second-order valence-corrected chi connectivity index (χ2v) is 7.12. The maximum Gasteiger partial charge on any atom is 0.256 e. The summed E-state index contributed by atoms with van der Waals surface area (Å²) in [6.45, 7) is 8.25. The molecule has 0 spiro atoms. The Hall–Kier alpha value is -2.33. The van der Waals surface area contributed by atoms with Gasteiger partial charge in [-0.15, -0.1) is 0 Å². The Labute approximate surface area is 163 Å². The maximum atomic E-state index is 12.9. The minimum absolute atomic E-state index is 0.0904. The molecule has 0 saturated carbocycles. The number of carbonyl (C=O) groups excluding carboxylic acids is 1. The van der Waals surface area contributed by atoms with Crippen LogP contribution in [0, 0.1) is 6.92 Å². The number of nitrogens with one attached hydrogen (secondary N) is 1. The van der Waals surface area contributed by atoms with Gasteiger partial charge in [0.15, 0.2) is 0 Å². The largest absolute Gasteiger partial charge is 0.372 e. The van der Waals surface area contributed by atoms with Gasteiger partial charge >= 0.3 is 0 Å². The zero-order chi connectivity index (χ0) is 18.7. The first-order chi connectivity index (χ1) is 12.5. The third-order valence-corrected chi connectivity index (χ3v) is 5.39. The van der Waals surface area contributed by atoms with E-state index in [-0.39, 0.29) is 5.91 Å². The molecule has 0 radical (unpaired) electrons. The average Bonchev–Trinajstić information content (AvgIpc) is 2.64. The first kappa shape index (κ1) is 18.5. The third-order valence-electron chi connectivity index (χ3n) is 4.70. The fraction of sp³-hybridized carbons (Fsp3) is 0.227. The lowest BCUT2D eigenvalue weighted by atomic mass is 10.0. The van der Waals surface area contributed by atoms with E-state index in [1.54, 1.807) is 0 Å². The molecule has 0 aliphatic heterocycles. The van der Waals surface area contributed by atoms with Crippen molar-refractivity contribution < 1.29 is 4.79 Å². The van der Waals surface area contributed by atoms with E-state index in [4.69, 9.17) is 0 Å². The van der Waals surface area contributed by atoms with E-state index in [2.05, 4.69) is 52.1 Å². The molecule has 0 heterocycles. The van der Waals surface area contributed by atoms with Gasteiger partial charge in [-0.25, -0.2) is 0 Å². The van der Waals surface area contributed by atoms with E-state index in [1.165, 1.54) is 5.69 Å². The highest BCUT2D eigenvalue weighted by Gasteiger charge is 2.13. The van der Waals surface area contributed by atoms with Crippen molar-refractivity contribution in [1.82, 2.24) is 0 Å². The summed E-state index contributed by atoms with van der Waals surface area (Å²) in [6, 6.07) is 17.9. The van der Waals surface area contributed by atoms with Crippen molar-refractivity contribution in [3.63, 3.8) is 0 Å². The van der Waals surface area contributed by atoms with E-state index in [0.29, 0.717) is 5.56 Å². The molecule has 0 unspecified atom stereocenters. The highest BCUT2D eigenvalue weighted by molar-refractivity contribution is 9.10. The van der Waals surface area contributed by atoms with Crippen molar-refractivity contribution in [2.75, 3.05) is 23.3 Å². The van der Waals surface area contributed by atoms with Crippen LogP contribution >= 0.6 is 15.9 Å². The molecule has 0 saturated heterocycles. The normalized spacial score (nSPS) is 10.8. The number of aryl methyl sites for hydroxylation is 1. The number of rotatable bonds is 5. The molecule has 26 heavy (non-hydrogen) atoms. The lowest BCUT2D eigenvalue weighted by Crippen LogP contribution is -2.22. The Bertz CT molecular complexity index is 948. The van der Waals surface area contributed by atoms with Crippen molar-refractivity contribution >= 4 is 44.0 Å². The minimum atomic E-state index is -0.0904. The van der Waals surface area contributed by atoms with Gasteiger partial charge in [-0.1, -0.05) is 40.2 Å². The molecule has 1 N–H and O–H groups in total. The molecule has 0 fully saturated rings. The molecule has 0 bridgehead atoms. The minimum Gasteiger partial charge on any atom is -0.372 e. The number of anilines is 2. The van der Waals surface area contributed by atoms with Crippen LogP contribution in [-0.4, -0.2) is 19.0 Å². The van der Waals surface area contributed by atoms with Gasteiger partial charge < -0.3 is 10.2 Å². The van der Waals surface area contributed by atoms with Gasteiger partial charge in [-0.3, -0.25) is 4.79 Å². The fourth-order valence-corrected chi connectivity index (χ4v) is 3.73. The lowest BCUT2D eigenvalue weighted by Gasteiger charge is -2.22. The van der Waals surface area contributed by atoms with Crippen LogP contribution in [0.15, 0.2) is 59.1 Å². The summed E-state index contributed by atoms with van der Waals surface area (Å²) in [4.78, 5) is 15.2. The zero-order valence-electron chi connectivity index (χ0n) is 15.3. The number of hydrogen-bond acceptors (Lipinski definition) is 2. The third kappa shape index (κ3) is 3.61. The highest BCUT2D eigenvalue weighted by atomic mass is 79.9. The topological polar surface area (TPSA) is 32.3 Å². The Balaban J connectivity index is 1.90. The summed E-state index contributed by atoms with van der Waals surface area (Å²) in [7, 11) is 0. The number of nitrogens with zero attached hydrogens (tertiary/aromatic N) is 1. The highest BCUT2D eigenvalue weighted by Crippen LogP contribution is 2.28.